The number of piperazine rings is 2. The monoisotopic (exact) mass is 1440 g/mol. The van der Waals surface area contributed by atoms with E-state index < -0.39 is 0 Å². The quantitative estimate of drug-likeness (QED) is 0.0393. The molecule has 104 heavy (non-hydrogen) atoms. The first-order valence-electron chi connectivity index (χ1n) is 42.8. The van der Waals surface area contributed by atoms with Crippen molar-refractivity contribution in [3.05, 3.63) is 23.3 Å². The number of ether oxygens (including phenoxy) is 2. The Morgan fingerprint density at radius 1 is 0.471 bits per heavy atom. The number of carbonyl (C=O) groups is 4. The fourth-order valence-electron chi connectivity index (χ4n) is 28.6. The first-order chi connectivity index (χ1) is 49.3. The van der Waals surface area contributed by atoms with Crippen LogP contribution in [0.1, 0.15) is 252 Å². The van der Waals surface area contributed by atoms with Crippen LogP contribution in [-0.2, 0) is 28.7 Å². The van der Waals surface area contributed by atoms with Crippen LogP contribution in [-0.4, -0.2) is 160 Å². The molecule has 14 nitrogen and oxygen atoms in total. The van der Waals surface area contributed by atoms with Crippen molar-refractivity contribution in [3.8, 4) is 23.7 Å². The molecule has 0 bridgehead atoms. The molecular weight excluding hydrogens is 1290 g/mol. The third-order valence-electron chi connectivity index (χ3n) is 34.7. The second kappa shape index (κ2) is 30.8. The Morgan fingerprint density at radius 3 is 1.15 bits per heavy atom. The van der Waals surface area contributed by atoms with Crippen molar-refractivity contribution < 1.29 is 28.7 Å². The number of amides is 2. The van der Waals surface area contributed by atoms with Gasteiger partial charge in [-0.2, -0.15) is 0 Å². The summed E-state index contributed by atoms with van der Waals surface area (Å²) in [5, 5.41) is 7.21. The van der Waals surface area contributed by atoms with Gasteiger partial charge < -0.3 is 51.2 Å². The molecule has 10 fully saturated rings. The van der Waals surface area contributed by atoms with Crippen molar-refractivity contribution in [1.82, 2.24) is 30.2 Å². The second-order valence-electron chi connectivity index (χ2n) is 40.1. The van der Waals surface area contributed by atoms with Crippen LogP contribution in [0.2, 0.25) is 0 Å². The van der Waals surface area contributed by atoms with Gasteiger partial charge in [0.25, 0.3) is 0 Å². The molecule has 0 spiro atoms. The maximum atomic E-state index is 15.1. The number of allylic oxidation sites excluding steroid dienone is 4. The van der Waals surface area contributed by atoms with E-state index in [1.807, 2.05) is 0 Å². The standard InChI is InChI=1S/C90H146N8O6/c1-61-31-37-89(79(101)93-45-23-49-97-55-51-95(52-56-97)47-21-43-91)41-39-85(13)69(75(89)63(61)3)27-29-73-83(11)59-67(77(103-65(5)99)81(7,8)71(83)33-35-87(73,85)15)25-19-17-18-20-26-68-60-84(12)72(82(9,10)78(68)104-66(6)100)34-36-88(16)74(84)30-28-70-76-64(4)62(2)32-38-90(76,42-40-86(70,88)14)80(102)94-46-24-50-98-57-53-96(54-58-98)48-22-44-92/h27-28,61-64,67-68,71-78H,21-26,29-60,91-92H2,1-16H3,(H,93,101)(H,94,102)/t61-,62-,63+,64+,67-,68-,71+,72+,73-,74-,75-,76-,77+,78+,83+,84+,85-,86-,87-,88-,89+,90+/m1/s1. The zero-order chi connectivity index (χ0) is 74.8. The van der Waals surface area contributed by atoms with E-state index in [-0.39, 0.29) is 102 Å². The molecule has 2 aliphatic heterocycles. The fraction of sp³-hybridized carbons (Fsp3) is 0.867. The van der Waals surface area contributed by atoms with Gasteiger partial charge in [0, 0.05) is 115 Å². The molecule has 0 radical (unpaired) electrons. The molecule has 2 saturated heterocycles. The van der Waals surface area contributed by atoms with Crippen LogP contribution in [0.4, 0.5) is 0 Å². The summed E-state index contributed by atoms with van der Waals surface area (Å²) in [6.45, 7) is 54.4. The molecule has 6 N–H and O–H groups in total. The van der Waals surface area contributed by atoms with Gasteiger partial charge in [0.1, 0.15) is 12.2 Å². The van der Waals surface area contributed by atoms with Gasteiger partial charge in [-0.15, -0.1) is 0 Å². The smallest absolute Gasteiger partial charge is 0.302 e. The second-order valence-corrected chi connectivity index (χ2v) is 40.1. The summed E-state index contributed by atoms with van der Waals surface area (Å²) < 4.78 is 13.1. The summed E-state index contributed by atoms with van der Waals surface area (Å²) in [5.74, 6) is 18.3. The van der Waals surface area contributed by atoms with E-state index >= 15 is 9.59 Å². The van der Waals surface area contributed by atoms with Crippen LogP contribution in [0.25, 0.3) is 0 Å². The summed E-state index contributed by atoms with van der Waals surface area (Å²) in [4.78, 5) is 67.1. The number of carbonyl (C=O) groups excluding carboxylic acids is 4. The van der Waals surface area contributed by atoms with Gasteiger partial charge in [0.05, 0.1) is 10.8 Å². The van der Waals surface area contributed by atoms with Crippen LogP contribution >= 0.6 is 0 Å². The van der Waals surface area contributed by atoms with Crippen molar-refractivity contribution in [2.75, 3.05) is 105 Å². The Hall–Kier alpha value is -3.76. The van der Waals surface area contributed by atoms with E-state index in [0.29, 0.717) is 72.0 Å². The highest BCUT2D eigenvalue weighted by Gasteiger charge is 2.73. The molecular formula is C90H146N8O6. The lowest BCUT2D eigenvalue weighted by Gasteiger charge is -2.72. The minimum atomic E-state index is -0.374. The van der Waals surface area contributed by atoms with Crippen molar-refractivity contribution >= 4 is 23.8 Å². The van der Waals surface area contributed by atoms with E-state index in [1.54, 1.807) is 25.0 Å². The summed E-state index contributed by atoms with van der Waals surface area (Å²) >= 11 is 0. The first kappa shape index (κ1) is 79.8. The lowest BCUT2D eigenvalue weighted by Crippen LogP contribution is -2.67. The number of nitrogens with two attached hydrogens (primary N) is 2. The maximum absolute atomic E-state index is 15.1. The van der Waals surface area contributed by atoms with E-state index in [1.165, 1.54) is 0 Å². The lowest BCUT2D eigenvalue weighted by atomic mass is 9.32. The average molecular weight is 1440 g/mol. The highest BCUT2D eigenvalue weighted by molar-refractivity contribution is 5.85. The Bertz CT molecular complexity index is 3090. The van der Waals surface area contributed by atoms with Crippen molar-refractivity contribution in [2.45, 2.75) is 264 Å². The Kier molecular flexibility index (Phi) is 23.7. The molecule has 2 heterocycles. The van der Waals surface area contributed by atoms with Crippen LogP contribution in [0.5, 0.6) is 0 Å². The van der Waals surface area contributed by atoms with E-state index in [4.69, 9.17) is 20.9 Å². The SMILES string of the molecule is CC(=O)O[C@H]1[C@H](CC#CC#CC[C@@H]2C[C@]3(C)[C@H]4CC=C5[C@H]6[C@@H](C)[C@H](C)CC[C@]6(C(=O)NCCCN6CCN(CCCN)CC6)CC[C@@]5(C)[C@]4(C)CC[C@H]3C(C)(C)[C@H]2OC(C)=O)C[C@]2(C)[C@H]3CC=C4[C@H]5[C@@H](C)[C@H](C)CC[C@]5(C(=O)NCCCN5CCN(CCCN)CC5)CC[C@@]4(C)[C@]3(C)CC[C@H]2C1(C)C. The zero-order valence-corrected chi connectivity index (χ0v) is 68.5. The summed E-state index contributed by atoms with van der Waals surface area (Å²) in [7, 11) is 0. The first-order valence-corrected chi connectivity index (χ1v) is 42.8. The minimum absolute atomic E-state index is 0.0298. The number of rotatable bonds is 20. The van der Waals surface area contributed by atoms with Crippen molar-refractivity contribution in [1.29, 1.82) is 0 Å². The van der Waals surface area contributed by atoms with E-state index in [9.17, 15) is 9.59 Å². The Morgan fingerprint density at radius 2 is 0.817 bits per heavy atom. The number of fused-ring (bicyclic) bond motifs is 14. The van der Waals surface area contributed by atoms with Gasteiger partial charge in [0.2, 0.25) is 11.8 Å². The Labute approximate surface area is 631 Å². The van der Waals surface area contributed by atoms with Crippen LogP contribution in [0.15, 0.2) is 23.3 Å². The van der Waals surface area contributed by atoms with Gasteiger partial charge in [-0.05, 0) is 271 Å². The molecule has 14 heteroatoms. The predicted molar refractivity (Wildman–Crippen MR) is 420 cm³/mol. The maximum Gasteiger partial charge on any atom is 0.302 e. The molecule has 0 aromatic heterocycles. The van der Waals surface area contributed by atoms with Crippen LogP contribution < -0.4 is 22.1 Å². The molecule has 0 aromatic carbocycles. The average Bonchev–Trinajstić information content (AvgIpc) is 0.678. The lowest BCUT2D eigenvalue weighted by molar-refractivity contribution is -0.227. The van der Waals surface area contributed by atoms with E-state index in [0.717, 1.165) is 233 Å². The van der Waals surface area contributed by atoms with Gasteiger partial charge in [-0.1, -0.05) is 132 Å². The third kappa shape index (κ3) is 13.8. The molecule has 8 saturated carbocycles. The number of esters is 2. The molecule has 2 amide bonds. The predicted octanol–water partition coefficient (Wildman–Crippen LogP) is 14.3. The van der Waals surface area contributed by atoms with Crippen LogP contribution in [0, 0.1) is 149 Å². The third-order valence-corrected chi connectivity index (χ3v) is 34.7. The summed E-state index contributed by atoms with van der Waals surface area (Å²) in [5.41, 5.74) is 13.4. The molecule has 0 unspecified atom stereocenters. The topological polar surface area (TPSA) is 176 Å². The zero-order valence-electron chi connectivity index (χ0n) is 68.5. The number of nitrogens with one attached hydrogen (secondary N) is 2. The van der Waals surface area contributed by atoms with Gasteiger partial charge >= 0.3 is 11.9 Å². The van der Waals surface area contributed by atoms with Crippen LogP contribution in [0.3, 0.4) is 0 Å². The molecule has 12 aliphatic rings. The molecule has 582 valence electrons. The number of nitrogens with zero attached hydrogens (tertiary/aromatic N) is 4. The van der Waals surface area contributed by atoms with Gasteiger partial charge in [-0.25, -0.2) is 0 Å². The summed E-state index contributed by atoms with van der Waals surface area (Å²) in [6.07, 6.45) is 26.6. The number of hydrogen-bond acceptors (Lipinski definition) is 12. The van der Waals surface area contributed by atoms with Crippen molar-refractivity contribution in [3.63, 3.8) is 0 Å². The summed E-state index contributed by atoms with van der Waals surface area (Å²) in [6, 6.07) is 0. The molecule has 10 aliphatic carbocycles. The van der Waals surface area contributed by atoms with Gasteiger partial charge in [-0.3, -0.25) is 19.2 Å². The van der Waals surface area contributed by atoms with Gasteiger partial charge in [0.15, 0.2) is 0 Å². The fourth-order valence-corrected chi connectivity index (χ4v) is 28.6. The highest BCUT2D eigenvalue weighted by atomic mass is 16.5. The molecule has 22 atom stereocenters. The van der Waals surface area contributed by atoms with E-state index in [2.05, 4.69) is 163 Å². The Balaban J connectivity index is 0.744. The largest absolute Gasteiger partial charge is 0.462 e. The highest BCUT2D eigenvalue weighted by Crippen LogP contribution is 2.79. The number of hydrogen-bond donors (Lipinski definition) is 4. The molecule has 12 rings (SSSR count). The molecule has 0 aromatic rings. The minimum Gasteiger partial charge on any atom is -0.462 e. The van der Waals surface area contributed by atoms with Crippen molar-refractivity contribution in [2.24, 2.45) is 137 Å². The normalized spacial score (nSPS) is 43.1.